The van der Waals surface area contributed by atoms with E-state index in [0.29, 0.717) is 22.3 Å². The summed E-state index contributed by atoms with van der Waals surface area (Å²) in [4.78, 5) is 47.7. The number of methoxy groups -OCH3 is 2. The normalized spacial score (nSPS) is 11.8. The molecule has 0 spiro atoms. The number of benzene rings is 4. The zero-order valence-corrected chi connectivity index (χ0v) is 21.2. The molecule has 0 fully saturated rings. The maximum absolute atomic E-state index is 13.0. The van der Waals surface area contributed by atoms with Gasteiger partial charge >= 0.3 is 0 Å². The Labute approximate surface area is 224 Å². The Bertz CT molecular complexity index is 1710. The molecule has 0 heterocycles. The molecule has 14 heteroatoms. The largest absolute Gasteiger partial charge is 0.497 e. The van der Waals surface area contributed by atoms with Crippen LogP contribution < -0.4 is 41.9 Å². The van der Waals surface area contributed by atoms with Crippen LogP contribution in [0.3, 0.4) is 0 Å². The molecule has 2 N–H and O–H groups in total. The standard InChI is InChI=1S/C26H22N6O8/c1-39-17-9-7-15(21(11-17)31(35)36)13-27-29-23-19-5-3-4-6-20(19)24(26(34)25(23)33)30-28-14-16-8-10-18(40-2)12-22(16)32(37)38/h3-12,27-28H,13-14H2,1-2H3/b29-23-,30-24-. The minimum absolute atomic E-state index is 0.101. The average Bonchev–Trinajstić information content (AvgIpc) is 2.96. The zero-order chi connectivity index (χ0) is 28.8. The third-order valence-electron chi connectivity index (χ3n) is 5.97. The molecule has 14 nitrogen and oxygen atoms in total. The smallest absolute Gasteiger partial charge is 0.278 e. The molecule has 0 aliphatic rings. The van der Waals surface area contributed by atoms with Crippen LogP contribution in [0.4, 0.5) is 11.4 Å². The van der Waals surface area contributed by atoms with Crippen LogP contribution in [0.1, 0.15) is 11.1 Å². The van der Waals surface area contributed by atoms with Gasteiger partial charge in [0.05, 0.1) is 60.4 Å². The molecule has 0 atom stereocenters. The maximum atomic E-state index is 13.0. The molecule has 0 saturated carbocycles. The second kappa shape index (κ2) is 11.8. The van der Waals surface area contributed by atoms with Crippen molar-refractivity contribution in [3.8, 4) is 11.5 Å². The van der Waals surface area contributed by atoms with E-state index in [4.69, 9.17) is 9.47 Å². The lowest BCUT2D eigenvalue weighted by molar-refractivity contribution is -0.385. The third-order valence-corrected chi connectivity index (χ3v) is 5.97. The van der Waals surface area contributed by atoms with Crippen molar-refractivity contribution in [3.63, 3.8) is 0 Å². The zero-order valence-electron chi connectivity index (χ0n) is 21.2. The number of hydrogen-bond acceptors (Lipinski definition) is 12. The lowest BCUT2D eigenvalue weighted by Gasteiger charge is -2.06. The summed E-state index contributed by atoms with van der Waals surface area (Å²) < 4.78 is 10.1. The van der Waals surface area contributed by atoms with Crippen molar-refractivity contribution in [1.82, 2.24) is 10.9 Å². The Balaban J connectivity index is 1.69. The fourth-order valence-corrected chi connectivity index (χ4v) is 3.97. The highest BCUT2D eigenvalue weighted by Crippen LogP contribution is 2.25. The first-order chi connectivity index (χ1) is 19.2. The number of hydrogen-bond donors (Lipinski definition) is 2. The van der Waals surface area contributed by atoms with Crippen LogP contribution in [0, 0.1) is 20.2 Å². The third kappa shape index (κ3) is 5.60. The number of ether oxygens (including phenoxy) is 2. The fourth-order valence-electron chi connectivity index (χ4n) is 3.97. The maximum Gasteiger partial charge on any atom is 0.278 e. The summed E-state index contributed by atoms with van der Waals surface area (Å²) in [5.74, 6) is 0.622. The van der Waals surface area contributed by atoms with Gasteiger partial charge in [-0.3, -0.25) is 29.8 Å². The topological polar surface area (TPSA) is 188 Å². The van der Waals surface area contributed by atoms with Gasteiger partial charge in [-0.1, -0.05) is 24.3 Å². The van der Waals surface area contributed by atoms with Crippen molar-refractivity contribution in [3.05, 3.63) is 123 Å². The van der Waals surface area contributed by atoms with Gasteiger partial charge in [0.1, 0.15) is 22.2 Å². The lowest BCUT2D eigenvalue weighted by Crippen LogP contribution is -2.49. The first kappa shape index (κ1) is 27.4. The van der Waals surface area contributed by atoms with E-state index < -0.39 is 20.7 Å². The Morgan fingerprint density at radius 1 is 0.700 bits per heavy atom. The van der Waals surface area contributed by atoms with Gasteiger partial charge in [-0.15, -0.1) is 0 Å². The average molecular weight is 546 g/mol. The van der Waals surface area contributed by atoms with E-state index in [2.05, 4.69) is 21.1 Å². The van der Waals surface area contributed by atoms with Crippen molar-refractivity contribution in [2.24, 2.45) is 10.2 Å². The molecule has 0 unspecified atom stereocenters. The van der Waals surface area contributed by atoms with Gasteiger partial charge < -0.3 is 20.3 Å². The monoisotopic (exact) mass is 546 g/mol. The number of rotatable bonds is 10. The van der Waals surface area contributed by atoms with E-state index in [1.165, 1.54) is 38.5 Å². The minimum atomic E-state index is -0.939. The SMILES string of the molecule is COc1ccc(CN/N=c2\c(=O)c(=O)/c(=N\NCc3ccc(OC)cc3[N+](=O)[O-])c3ccccc23)c([N+](=O)[O-])c1. The molecule has 4 aromatic carbocycles. The Morgan fingerprint density at radius 3 is 1.45 bits per heavy atom. The number of fused-ring (bicyclic) bond motifs is 1. The van der Waals surface area contributed by atoms with Crippen molar-refractivity contribution >= 4 is 22.1 Å². The Hall–Kier alpha value is -5.66. The van der Waals surface area contributed by atoms with Gasteiger partial charge in [-0.2, -0.15) is 10.2 Å². The number of nitrogens with zero attached hydrogens (tertiary/aromatic N) is 4. The summed E-state index contributed by atoms with van der Waals surface area (Å²) in [5.41, 5.74) is 3.59. The van der Waals surface area contributed by atoms with E-state index in [1.807, 2.05) is 0 Å². The summed E-state index contributed by atoms with van der Waals surface area (Å²) in [6.07, 6.45) is 0. The first-order valence-electron chi connectivity index (χ1n) is 11.7. The molecule has 204 valence electrons. The molecule has 0 aliphatic carbocycles. The summed E-state index contributed by atoms with van der Waals surface area (Å²) >= 11 is 0. The van der Waals surface area contributed by atoms with E-state index in [-0.39, 0.29) is 46.3 Å². The van der Waals surface area contributed by atoms with Crippen LogP contribution in [-0.4, -0.2) is 24.1 Å². The Morgan fingerprint density at radius 2 is 1.10 bits per heavy atom. The van der Waals surface area contributed by atoms with Crippen molar-refractivity contribution in [1.29, 1.82) is 0 Å². The quantitative estimate of drug-likeness (QED) is 0.167. The van der Waals surface area contributed by atoms with Gasteiger partial charge in [0.15, 0.2) is 0 Å². The number of nitrogens with one attached hydrogen (secondary N) is 2. The molecule has 0 saturated heterocycles. The predicted molar refractivity (Wildman–Crippen MR) is 143 cm³/mol. The van der Waals surface area contributed by atoms with Crippen LogP contribution in [-0.2, 0) is 13.1 Å². The van der Waals surface area contributed by atoms with Crippen LogP contribution in [0.5, 0.6) is 11.5 Å². The van der Waals surface area contributed by atoms with E-state index in [0.717, 1.165) is 0 Å². The van der Waals surface area contributed by atoms with Crippen LogP contribution in [0.25, 0.3) is 10.8 Å². The van der Waals surface area contributed by atoms with Crippen LogP contribution in [0.15, 0.2) is 80.5 Å². The Kier molecular flexibility index (Phi) is 8.08. The van der Waals surface area contributed by atoms with Crippen LogP contribution >= 0.6 is 0 Å². The molecule has 0 aromatic heterocycles. The second-order valence-corrected chi connectivity index (χ2v) is 8.30. The number of nitro benzene ring substituents is 2. The summed E-state index contributed by atoms with van der Waals surface area (Å²) in [6.45, 7) is -0.201. The summed E-state index contributed by atoms with van der Waals surface area (Å²) in [7, 11) is 2.78. The van der Waals surface area contributed by atoms with Crippen molar-refractivity contribution < 1.29 is 19.3 Å². The van der Waals surface area contributed by atoms with Crippen molar-refractivity contribution in [2.45, 2.75) is 13.1 Å². The molecule has 4 aromatic rings. The highest BCUT2D eigenvalue weighted by atomic mass is 16.6. The molecule has 4 rings (SSSR count). The van der Waals surface area contributed by atoms with Crippen molar-refractivity contribution in [2.75, 3.05) is 14.2 Å². The molecular formula is C26H22N6O8. The molecule has 0 bridgehead atoms. The molecular weight excluding hydrogens is 524 g/mol. The van der Waals surface area contributed by atoms with E-state index in [9.17, 15) is 29.8 Å². The fraction of sp³-hybridized carbons (Fsp3) is 0.154. The molecule has 0 aliphatic heterocycles. The highest BCUT2D eigenvalue weighted by molar-refractivity contribution is 5.81. The van der Waals surface area contributed by atoms with Crippen LogP contribution in [0.2, 0.25) is 0 Å². The highest BCUT2D eigenvalue weighted by Gasteiger charge is 2.16. The van der Waals surface area contributed by atoms with Gasteiger partial charge in [-0.05, 0) is 24.3 Å². The minimum Gasteiger partial charge on any atom is -0.497 e. The van der Waals surface area contributed by atoms with Gasteiger partial charge in [0.2, 0.25) is 0 Å². The van der Waals surface area contributed by atoms with E-state index >= 15 is 0 Å². The number of nitro groups is 2. The molecule has 40 heavy (non-hydrogen) atoms. The predicted octanol–water partition coefficient (Wildman–Crippen LogP) is 1.48. The second-order valence-electron chi connectivity index (χ2n) is 8.30. The molecule has 0 radical (unpaired) electrons. The molecule has 0 amide bonds. The lowest BCUT2D eigenvalue weighted by atomic mass is 10.1. The van der Waals surface area contributed by atoms with Gasteiger partial charge in [0, 0.05) is 10.8 Å². The summed E-state index contributed by atoms with van der Waals surface area (Å²) in [6, 6.07) is 15.1. The van der Waals surface area contributed by atoms with E-state index in [1.54, 1.807) is 36.4 Å². The summed E-state index contributed by atoms with van der Waals surface area (Å²) in [5, 5.41) is 31.3. The van der Waals surface area contributed by atoms with Gasteiger partial charge in [0.25, 0.3) is 22.2 Å². The van der Waals surface area contributed by atoms with Gasteiger partial charge in [-0.25, -0.2) is 0 Å². The first-order valence-corrected chi connectivity index (χ1v) is 11.7.